The van der Waals surface area contributed by atoms with E-state index >= 15 is 0 Å². The molecule has 33 heavy (non-hydrogen) atoms. The minimum absolute atomic E-state index is 0.329. The third kappa shape index (κ3) is 3.54. The molecule has 0 saturated carbocycles. The number of thiophene rings is 1. The summed E-state index contributed by atoms with van der Waals surface area (Å²) in [6.45, 7) is 4.21. The molecule has 0 bridgehead atoms. The van der Waals surface area contributed by atoms with Gasteiger partial charge in [0.2, 0.25) is 0 Å². The Balaban J connectivity index is 1.45. The number of H-pyrrole nitrogens is 2. The second-order valence-corrected chi connectivity index (χ2v) is 9.17. The summed E-state index contributed by atoms with van der Waals surface area (Å²) >= 11 is 1.71. The average Bonchev–Trinajstić information content (AvgIpc) is 3.57. The van der Waals surface area contributed by atoms with E-state index in [2.05, 4.69) is 80.0 Å². The number of nitrogens with zero attached hydrogens (tertiary/aromatic N) is 4. The molecule has 6 aromatic rings. The first-order valence-electron chi connectivity index (χ1n) is 10.7. The molecule has 0 spiro atoms. The molecule has 0 atom stereocenters. The number of aromatic amines is 2. The molecule has 1 aromatic carbocycles. The van der Waals surface area contributed by atoms with Crippen molar-refractivity contribution in [3.8, 4) is 33.1 Å². The van der Waals surface area contributed by atoms with E-state index in [1.54, 1.807) is 11.3 Å². The van der Waals surface area contributed by atoms with Gasteiger partial charge in [-0.05, 0) is 43.5 Å². The summed E-state index contributed by atoms with van der Waals surface area (Å²) < 4.78 is 0. The topological polar surface area (TPSA) is 95.2 Å². The van der Waals surface area contributed by atoms with Crippen LogP contribution in [0, 0.1) is 0 Å². The van der Waals surface area contributed by atoms with Gasteiger partial charge in [0.05, 0.1) is 22.1 Å². The highest BCUT2D eigenvalue weighted by Crippen LogP contribution is 2.34. The van der Waals surface area contributed by atoms with Crippen molar-refractivity contribution >= 4 is 39.1 Å². The van der Waals surface area contributed by atoms with Crippen molar-refractivity contribution in [3.05, 3.63) is 66.4 Å². The van der Waals surface area contributed by atoms with Gasteiger partial charge in [0.25, 0.3) is 0 Å². The van der Waals surface area contributed by atoms with Crippen LogP contribution in [0.1, 0.15) is 13.8 Å². The quantitative estimate of drug-likeness (QED) is 0.294. The molecule has 0 unspecified atom stereocenters. The highest BCUT2D eigenvalue weighted by molar-refractivity contribution is 7.13. The third-order valence-corrected chi connectivity index (χ3v) is 6.37. The van der Waals surface area contributed by atoms with E-state index in [0.29, 0.717) is 11.9 Å². The number of benzene rings is 1. The summed E-state index contributed by atoms with van der Waals surface area (Å²) in [6, 6.07) is 14.9. The number of rotatable bonds is 5. The first-order chi connectivity index (χ1) is 16.2. The monoisotopic (exact) mass is 451 g/mol. The molecule has 3 N–H and O–H groups in total. The van der Waals surface area contributed by atoms with Crippen molar-refractivity contribution in [2.45, 2.75) is 19.9 Å². The van der Waals surface area contributed by atoms with Crippen molar-refractivity contribution in [1.29, 1.82) is 0 Å². The highest BCUT2D eigenvalue weighted by Gasteiger charge is 2.16. The van der Waals surface area contributed by atoms with Gasteiger partial charge in [-0.3, -0.25) is 10.1 Å². The fourth-order valence-electron chi connectivity index (χ4n) is 4.03. The Morgan fingerprint density at radius 1 is 1.00 bits per heavy atom. The minimum Gasteiger partial charge on any atom is -0.382 e. The molecule has 6 rings (SSSR count). The summed E-state index contributed by atoms with van der Waals surface area (Å²) in [5, 5.41) is 14.0. The molecule has 0 aliphatic heterocycles. The Bertz CT molecular complexity index is 1580. The van der Waals surface area contributed by atoms with Crippen LogP contribution in [0.3, 0.4) is 0 Å². The number of anilines is 1. The summed E-state index contributed by atoms with van der Waals surface area (Å²) in [4.78, 5) is 18.6. The molecule has 0 radical (unpaired) electrons. The van der Waals surface area contributed by atoms with Crippen LogP contribution in [-0.4, -0.2) is 36.2 Å². The zero-order valence-corrected chi connectivity index (χ0v) is 18.9. The van der Waals surface area contributed by atoms with Crippen molar-refractivity contribution in [1.82, 2.24) is 30.1 Å². The Labute approximate surface area is 194 Å². The Kier molecular flexibility index (Phi) is 4.66. The Morgan fingerprint density at radius 3 is 2.76 bits per heavy atom. The lowest BCUT2D eigenvalue weighted by molar-refractivity contribution is 0.898. The fraction of sp³-hybridized carbons (Fsp3) is 0.120. The lowest BCUT2D eigenvalue weighted by Crippen LogP contribution is -2.09. The van der Waals surface area contributed by atoms with E-state index in [1.165, 1.54) is 4.88 Å². The van der Waals surface area contributed by atoms with Gasteiger partial charge in [-0.25, -0.2) is 9.97 Å². The summed E-state index contributed by atoms with van der Waals surface area (Å²) in [7, 11) is 0. The van der Waals surface area contributed by atoms with Crippen LogP contribution in [0.25, 0.3) is 55.2 Å². The predicted octanol–water partition coefficient (Wildman–Crippen LogP) is 6.11. The maximum absolute atomic E-state index is 4.93. The number of pyridine rings is 2. The van der Waals surface area contributed by atoms with Crippen LogP contribution in [0.2, 0.25) is 0 Å². The van der Waals surface area contributed by atoms with Gasteiger partial charge < -0.3 is 10.3 Å². The maximum Gasteiger partial charge on any atom is 0.159 e. The molecular weight excluding hydrogens is 430 g/mol. The number of nitrogens with one attached hydrogen (secondary N) is 3. The Morgan fingerprint density at radius 2 is 1.91 bits per heavy atom. The van der Waals surface area contributed by atoms with Crippen LogP contribution in [0.15, 0.2) is 66.4 Å². The van der Waals surface area contributed by atoms with Gasteiger partial charge in [0, 0.05) is 46.2 Å². The normalized spacial score (nSPS) is 11.6. The van der Waals surface area contributed by atoms with Crippen molar-refractivity contribution < 1.29 is 0 Å². The van der Waals surface area contributed by atoms with Crippen molar-refractivity contribution in [2.75, 3.05) is 5.32 Å². The summed E-state index contributed by atoms with van der Waals surface area (Å²) in [6.07, 6.45) is 5.52. The van der Waals surface area contributed by atoms with Crippen LogP contribution >= 0.6 is 11.3 Å². The molecule has 162 valence electrons. The standard InChI is InChI=1S/C25H21N7S/c1-14(2)28-17-9-15(11-26-13-17)16-10-19-23(31-32-24(19)27-12-16)25-29-20-6-3-5-18(22(20)30-25)21-7-4-8-33-21/h3-14,28H,1-2H3,(H,29,30)(H,27,31,32). The predicted molar refractivity (Wildman–Crippen MR) is 134 cm³/mol. The third-order valence-electron chi connectivity index (χ3n) is 5.47. The fourth-order valence-corrected chi connectivity index (χ4v) is 4.78. The lowest BCUT2D eigenvalue weighted by atomic mass is 10.1. The van der Waals surface area contributed by atoms with E-state index in [-0.39, 0.29) is 0 Å². The Hall–Kier alpha value is -4.04. The largest absolute Gasteiger partial charge is 0.382 e. The molecule has 0 saturated heterocycles. The molecule has 0 fully saturated rings. The number of imidazole rings is 1. The van der Waals surface area contributed by atoms with Gasteiger partial charge >= 0.3 is 0 Å². The molecule has 5 aromatic heterocycles. The maximum atomic E-state index is 4.93. The molecule has 5 heterocycles. The van der Waals surface area contributed by atoms with E-state index < -0.39 is 0 Å². The van der Waals surface area contributed by atoms with E-state index in [1.807, 2.05) is 30.7 Å². The zero-order chi connectivity index (χ0) is 22.4. The molecular formula is C25H21N7S. The van der Waals surface area contributed by atoms with Crippen LogP contribution in [0.5, 0.6) is 0 Å². The van der Waals surface area contributed by atoms with Crippen LogP contribution in [-0.2, 0) is 0 Å². The highest BCUT2D eigenvalue weighted by atomic mass is 32.1. The number of aromatic nitrogens is 6. The van der Waals surface area contributed by atoms with E-state index in [0.717, 1.165) is 50.1 Å². The molecule has 8 heteroatoms. The first-order valence-corrected chi connectivity index (χ1v) is 11.6. The zero-order valence-electron chi connectivity index (χ0n) is 18.1. The second-order valence-electron chi connectivity index (χ2n) is 8.22. The van der Waals surface area contributed by atoms with Crippen molar-refractivity contribution in [2.24, 2.45) is 0 Å². The van der Waals surface area contributed by atoms with E-state index in [4.69, 9.17) is 4.98 Å². The average molecular weight is 452 g/mol. The van der Waals surface area contributed by atoms with Crippen LogP contribution < -0.4 is 5.32 Å². The number of fused-ring (bicyclic) bond motifs is 2. The van der Waals surface area contributed by atoms with Gasteiger partial charge in [-0.2, -0.15) is 5.10 Å². The smallest absolute Gasteiger partial charge is 0.159 e. The minimum atomic E-state index is 0.329. The molecule has 0 aliphatic carbocycles. The SMILES string of the molecule is CC(C)Nc1cncc(-c2cnc3[nH]nc(-c4nc5c(-c6cccs6)cccc5[nH]4)c3c2)c1. The first kappa shape index (κ1) is 19.6. The molecule has 0 aliphatic rings. The lowest BCUT2D eigenvalue weighted by Gasteiger charge is -2.10. The summed E-state index contributed by atoms with van der Waals surface area (Å²) in [5.74, 6) is 0.715. The second kappa shape index (κ2) is 7.83. The van der Waals surface area contributed by atoms with Crippen LogP contribution in [0.4, 0.5) is 5.69 Å². The van der Waals surface area contributed by atoms with Gasteiger partial charge in [-0.1, -0.05) is 18.2 Å². The van der Waals surface area contributed by atoms with Gasteiger partial charge in [0.15, 0.2) is 11.5 Å². The van der Waals surface area contributed by atoms with Gasteiger partial charge in [0.1, 0.15) is 5.69 Å². The number of para-hydroxylation sites is 1. The molecule has 0 amide bonds. The number of hydrogen-bond donors (Lipinski definition) is 3. The molecule has 7 nitrogen and oxygen atoms in total. The van der Waals surface area contributed by atoms with Crippen molar-refractivity contribution in [3.63, 3.8) is 0 Å². The van der Waals surface area contributed by atoms with E-state index in [9.17, 15) is 0 Å². The number of hydrogen-bond acceptors (Lipinski definition) is 6. The summed E-state index contributed by atoms with van der Waals surface area (Å²) in [5.41, 5.74) is 7.44. The van der Waals surface area contributed by atoms with Gasteiger partial charge in [-0.15, -0.1) is 11.3 Å².